The van der Waals surface area contributed by atoms with E-state index in [4.69, 9.17) is 14.4 Å². The number of hydrogen-bond donors (Lipinski definition) is 2. The van der Waals surface area contributed by atoms with Crippen LogP contribution in [0.3, 0.4) is 0 Å². The van der Waals surface area contributed by atoms with Crippen molar-refractivity contribution in [2.24, 2.45) is 0 Å². The number of rotatable bonds is 13. The van der Waals surface area contributed by atoms with Crippen molar-refractivity contribution in [3.8, 4) is 17.6 Å². The highest BCUT2D eigenvalue weighted by molar-refractivity contribution is 7.91. The van der Waals surface area contributed by atoms with Crippen molar-refractivity contribution < 1.29 is 57.9 Å². The Morgan fingerprint density at radius 1 is 0.776 bits per heavy atom. The lowest BCUT2D eigenvalue weighted by molar-refractivity contribution is -0.153. The molecule has 8 rings (SSSR count). The fourth-order valence-corrected chi connectivity index (χ4v) is 9.04. The van der Waals surface area contributed by atoms with E-state index in [2.05, 4.69) is 25.3 Å². The molecular weight excluding hydrogens is 921 g/mol. The molecule has 0 spiro atoms. The smallest absolute Gasteiger partial charge is 0.422 e. The lowest BCUT2D eigenvalue weighted by Crippen LogP contribution is -2.23. The molecule has 21 heteroatoms. The molecule has 2 amide bonds. The van der Waals surface area contributed by atoms with Gasteiger partial charge in [-0.25, -0.2) is 26.2 Å². The van der Waals surface area contributed by atoms with E-state index < -0.39 is 54.8 Å². The van der Waals surface area contributed by atoms with E-state index in [0.29, 0.717) is 28.2 Å². The number of nitrogens with zero attached hydrogens (tertiary/aromatic N) is 4. The molecule has 0 unspecified atom stereocenters. The zero-order chi connectivity index (χ0) is 47.9. The summed E-state index contributed by atoms with van der Waals surface area (Å²) in [6.07, 6.45) is 3.44. The number of carbonyl (C=O) groups excluding carboxylic acids is 2. The number of methoxy groups -OCH3 is 1. The van der Waals surface area contributed by atoms with Crippen LogP contribution in [0.15, 0.2) is 164 Å². The standard InChI is InChI=1S/C23H16F4N2O5S.C23H18N4O4S/c24-18-6-5-17(10-19(18)33-13-23(25,26)27)35(31,32)16-3-1-14(2-4-16)11-29-22(30)20-9-15-7-8-28-12-21(15)34-20;1-31-20-8-4-17(13-24)12-21(20)32(29,30)19-6-2-16(3-7-19)14-26-23(28)18-5-9-22-25-10-11-27(22)15-18/h1-10,12H,11,13H2,(H,29,30);2-12,15H,14H2,1H3,(H,26,28). The normalized spacial score (nSPS) is 11.6. The summed E-state index contributed by atoms with van der Waals surface area (Å²) in [5.41, 5.74) is 3.22. The number of amides is 2. The highest BCUT2D eigenvalue weighted by Crippen LogP contribution is 2.31. The Bertz CT molecular complexity index is 3360. The highest BCUT2D eigenvalue weighted by Gasteiger charge is 2.30. The van der Waals surface area contributed by atoms with E-state index in [-0.39, 0.29) is 50.8 Å². The van der Waals surface area contributed by atoms with E-state index in [9.17, 15) is 44.0 Å². The van der Waals surface area contributed by atoms with Gasteiger partial charge in [-0.05, 0) is 90.0 Å². The molecule has 67 heavy (non-hydrogen) atoms. The SMILES string of the molecule is COc1ccc(C#N)cc1S(=O)(=O)c1ccc(CNC(=O)c2ccc3nccn3c2)cc1.O=C(NCc1ccc(S(=O)(=O)c2ccc(F)c(OCC(F)(F)F)c2)cc1)c1cc2ccncc2o1. The van der Waals surface area contributed by atoms with Crippen molar-refractivity contribution in [1.82, 2.24) is 25.0 Å². The molecule has 0 aliphatic carbocycles. The first-order chi connectivity index (χ1) is 31.9. The van der Waals surface area contributed by atoms with Gasteiger partial charge in [-0.15, -0.1) is 0 Å². The van der Waals surface area contributed by atoms with Gasteiger partial charge in [-0.3, -0.25) is 14.6 Å². The predicted octanol–water partition coefficient (Wildman–Crippen LogP) is 7.65. The molecule has 4 heterocycles. The third-order valence-corrected chi connectivity index (χ3v) is 13.3. The van der Waals surface area contributed by atoms with Crippen molar-refractivity contribution in [1.29, 1.82) is 5.26 Å². The lowest BCUT2D eigenvalue weighted by Gasteiger charge is -2.12. The topological polar surface area (TPSA) is 212 Å². The number of alkyl halides is 3. The molecule has 2 N–H and O–H groups in total. The number of hydrogen-bond acceptors (Lipinski definition) is 12. The largest absolute Gasteiger partial charge is 0.495 e. The average molecular weight is 955 g/mol. The first-order valence-corrected chi connectivity index (χ1v) is 22.5. The molecule has 0 radical (unpaired) electrons. The maximum atomic E-state index is 13.8. The third-order valence-electron chi connectivity index (χ3n) is 9.76. The van der Waals surface area contributed by atoms with Crippen LogP contribution in [-0.4, -0.2) is 62.9 Å². The van der Waals surface area contributed by atoms with Crippen LogP contribution in [0.1, 0.15) is 37.6 Å². The van der Waals surface area contributed by atoms with Gasteiger partial charge in [0.2, 0.25) is 19.7 Å². The maximum Gasteiger partial charge on any atom is 0.422 e. The quantitative estimate of drug-likeness (QED) is 0.0843. The number of fused-ring (bicyclic) bond motifs is 2. The summed E-state index contributed by atoms with van der Waals surface area (Å²) in [6.45, 7) is -1.46. The monoisotopic (exact) mass is 954 g/mol. The number of pyridine rings is 2. The van der Waals surface area contributed by atoms with Crippen LogP contribution in [0.2, 0.25) is 0 Å². The highest BCUT2D eigenvalue weighted by atomic mass is 32.2. The molecular formula is C46H34F4N6O9S2. The van der Waals surface area contributed by atoms with Crippen LogP contribution in [0, 0.1) is 17.1 Å². The molecule has 0 fully saturated rings. The summed E-state index contributed by atoms with van der Waals surface area (Å²) < 4.78 is 119. The van der Waals surface area contributed by atoms with E-state index >= 15 is 0 Å². The first kappa shape index (κ1) is 46.9. The van der Waals surface area contributed by atoms with Gasteiger partial charge >= 0.3 is 6.18 Å². The summed E-state index contributed by atoms with van der Waals surface area (Å²) >= 11 is 0. The molecule has 8 aromatic rings. The number of carbonyl (C=O) groups is 2. The Balaban J connectivity index is 0.000000200. The summed E-state index contributed by atoms with van der Waals surface area (Å²) in [4.78, 5) is 32.2. The van der Waals surface area contributed by atoms with E-state index in [1.807, 2.05) is 6.07 Å². The van der Waals surface area contributed by atoms with Crippen LogP contribution < -0.4 is 20.1 Å². The van der Waals surface area contributed by atoms with Gasteiger partial charge in [0.15, 0.2) is 29.5 Å². The molecule has 0 aliphatic rings. The third kappa shape index (κ3) is 11.1. The zero-order valence-corrected chi connectivity index (χ0v) is 36.3. The van der Waals surface area contributed by atoms with Gasteiger partial charge in [-0.2, -0.15) is 18.4 Å². The number of nitrogens with one attached hydrogen (secondary N) is 2. The van der Waals surface area contributed by atoms with Crippen LogP contribution in [0.5, 0.6) is 11.5 Å². The lowest BCUT2D eigenvalue weighted by atomic mass is 10.2. The Hall–Kier alpha value is -8.09. The second-order valence-electron chi connectivity index (χ2n) is 14.3. The fraction of sp³-hybridized carbons (Fsp3) is 0.109. The van der Waals surface area contributed by atoms with Crippen molar-refractivity contribution in [3.05, 3.63) is 174 Å². The molecule has 15 nitrogen and oxygen atoms in total. The van der Waals surface area contributed by atoms with Crippen LogP contribution in [0.25, 0.3) is 16.6 Å². The van der Waals surface area contributed by atoms with E-state index in [0.717, 1.165) is 23.3 Å². The van der Waals surface area contributed by atoms with Gasteiger partial charge in [0.05, 0.1) is 45.2 Å². The maximum absolute atomic E-state index is 13.8. The Kier molecular flexibility index (Phi) is 13.7. The van der Waals surface area contributed by atoms with Crippen LogP contribution in [0.4, 0.5) is 17.6 Å². The second kappa shape index (κ2) is 19.6. The summed E-state index contributed by atoms with van der Waals surface area (Å²) in [7, 11) is -6.70. The molecule has 0 saturated carbocycles. The summed E-state index contributed by atoms with van der Waals surface area (Å²) in [5.74, 6) is -2.43. The minimum absolute atomic E-state index is 0.0616. The molecule has 0 atom stereocenters. The second-order valence-corrected chi connectivity index (χ2v) is 18.1. The Labute approximate surface area is 379 Å². The average Bonchev–Trinajstić information content (AvgIpc) is 4.00. The van der Waals surface area contributed by atoms with Gasteiger partial charge in [0.25, 0.3) is 11.8 Å². The van der Waals surface area contributed by atoms with Crippen molar-refractivity contribution in [2.45, 2.75) is 38.8 Å². The first-order valence-electron chi connectivity index (χ1n) is 19.5. The number of halogens is 4. The molecule has 4 aromatic carbocycles. The molecule has 0 aliphatic heterocycles. The number of imidazole rings is 1. The van der Waals surface area contributed by atoms with E-state index in [1.54, 1.807) is 65.6 Å². The number of ether oxygens (including phenoxy) is 2. The fourth-order valence-electron chi connectivity index (χ4n) is 6.32. The molecule has 342 valence electrons. The Morgan fingerprint density at radius 2 is 1.43 bits per heavy atom. The summed E-state index contributed by atoms with van der Waals surface area (Å²) in [6, 6.07) is 26.9. The summed E-state index contributed by atoms with van der Waals surface area (Å²) in [5, 5.41) is 15.3. The number of nitriles is 1. The van der Waals surface area contributed by atoms with Gasteiger partial charge in [0, 0.05) is 49.3 Å². The van der Waals surface area contributed by atoms with Gasteiger partial charge < -0.3 is 28.9 Å². The van der Waals surface area contributed by atoms with E-state index in [1.165, 1.54) is 67.9 Å². The molecule has 0 bridgehead atoms. The van der Waals surface area contributed by atoms with Crippen LogP contribution >= 0.6 is 0 Å². The Morgan fingerprint density at radius 3 is 2.07 bits per heavy atom. The van der Waals surface area contributed by atoms with Crippen LogP contribution in [-0.2, 0) is 32.8 Å². The zero-order valence-electron chi connectivity index (χ0n) is 34.7. The number of sulfone groups is 2. The van der Waals surface area contributed by atoms with Gasteiger partial charge in [-0.1, -0.05) is 24.3 Å². The molecule has 4 aromatic heterocycles. The van der Waals surface area contributed by atoms with Gasteiger partial charge in [0.1, 0.15) is 16.3 Å². The van der Waals surface area contributed by atoms with Crippen molar-refractivity contribution in [2.75, 3.05) is 13.7 Å². The number of furan rings is 1. The predicted molar refractivity (Wildman–Crippen MR) is 231 cm³/mol. The number of benzene rings is 4. The minimum atomic E-state index is -4.71. The molecule has 0 saturated heterocycles. The van der Waals surface area contributed by atoms with Crippen molar-refractivity contribution >= 4 is 48.1 Å². The minimum Gasteiger partial charge on any atom is -0.495 e. The number of aromatic nitrogens is 3. The van der Waals surface area contributed by atoms with Crippen molar-refractivity contribution in [3.63, 3.8) is 0 Å².